The van der Waals surface area contributed by atoms with Crippen molar-refractivity contribution in [3.8, 4) is 0 Å². The molecule has 0 aliphatic heterocycles. The molecule has 1 aromatic heterocycles. The third-order valence-corrected chi connectivity index (χ3v) is 3.47. The molecule has 0 unspecified atom stereocenters. The molecule has 0 bridgehead atoms. The van der Waals surface area contributed by atoms with Crippen LogP contribution in [0.2, 0.25) is 0 Å². The number of carbonyl (C=O) groups excluding carboxylic acids is 2. The van der Waals surface area contributed by atoms with E-state index in [1.807, 2.05) is 6.92 Å². The largest absolute Gasteiger partial charge is 0.475 e. The van der Waals surface area contributed by atoms with Crippen LogP contribution in [0, 0.1) is 12.3 Å². The molecule has 0 aliphatic carbocycles. The normalized spacial score (nSPS) is 11.0. The zero-order valence-corrected chi connectivity index (χ0v) is 14.5. The van der Waals surface area contributed by atoms with Gasteiger partial charge in [0.25, 0.3) is 5.91 Å². The summed E-state index contributed by atoms with van der Waals surface area (Å²) in [5.74, 6) is -2.40. The lowest BCUT2D eigenvalue weighted by Crippen LogP contribution is -2.28. The minimum atomic E-state index is -1.25. The summed E-state index contributed by atoms with van der Waals surface area (Å²) in [5, 5.41) is 14.3. The Bertz CT molecular complexity index is 830. The smallest absolute Gasteiger partial charge is 0.371 e. The molecule has 1 aromatic carbocycles. The molecule has 25 heavy (non-hydrogen) atoms. The molecule has 2 aromatic rings. The maximum absolute atomic E-state index is 12.1. The van der Waals surface area contributed by atoms with Crippen molar-refractivity contribution in [3.05, 3.63) is 47.4 Å². The van der Waals surface area contributed by atoms with E-state index in [2.05, 4.69) is 10.6 Å². The molecule has 2 rings (SSSR count). The van der Waals surface area contributed by atoms with E-state index in [0.29, 0.717) is 11.4 Å². The van der Waals surface area contributed by atoms with Crippen molar-refractivity contribution in [3.63, 3.8) is 0 Å². The summed E-state index contributed by atoms with van der Waals surface area (Å²) in [7, 11) is 0. The number of amides is 2. The van der Waals surface area contributed by atoms with Gasteiger partial charge in [0.1, 0.15) is 0 Å². The third-order valence-electron chi connectivity index (χ3n) is 3.47. The Kier molecular flexibility index (Phi) is 4.97. The summed E-state index contributed by atoms with van der Waals surface area (Å²) in [6.07, 6.45) is 0. The van der Waals surface area contributed by atoms with Gasteiger partial charge < -0.3 is 20.2 Å². The summed E-state index contributed by atoms with van der Waals surface area (Å²) in [6, 6.07) is 7.58. The van der Waals surface area contributed by atoms with Crippen molar-refractivity contribution >= 4 is 29.2 Å². The van der Waals surface area contributed by atoms with Gasteiger partial charge in [-0.05, 0) is 36.8 Å². The van der Waals surface area contributed by atoms with E-state index in [-0.39, 0.29) is 17.4 Å². The first-order valence-electron chi connectivity index (χ1n) is 7.64. The van der Waals surface area contributed by atoms with Gasteiger partial charge in [0.2, 0.25) is 11.7 Å². The fraction of sp³-hybridized carbons (Fsp3) is 0.278. The second-order valence-electron chi connectivity index (χ2n) is 6.66. The molecule has 7 heteroatoms. The molecule has 0 radical (unpaired) electrons. The van der Waals surface area contributed by atoms with Crippen molar-refractivity contribution in [2.24, 2.45) is 5.41 Å². The van der Waals surface area contributed by atoms with E-state index in [0.717, 1.165) is 5.56 Å². The second-order valence-corrected chi connectivity index (χ2v) is 6.66. The van der Waals surface area contributed by atoms with Gasteiger partial charge in [0.15, 0.2) is 5.76 Å². The molecule has 0 spiro atoms. The Hall–Kier alpha value is -3.09. The summed E-state index contributed by atoms with van der Waals surface area (Å²) in [6.45, 7) is 7.26. The highest BCUT2D eigenvalue weighted by molar-refractivity contribution is 6.03. The van der Waals surface area contributed by atoms with Gasteiger partial charge in [0, 0.05) is 16.8 Å². The first-order chi connectivity index (χ1) is 11.6. The Labute approximate surface area is 145 Å². The average molecular weight is 344 g/mol. The number of anilines is 2. The molecule has 2 amide bonds. The lowest BCUT2D eigenvalue weighted by Gasteiger charge is -2.19. The average Bonchev–Trinajstić information content (AvgIpc) is 3.00. The van der Waals surface area contributed by atoms with Crippen molar-refractivity contribution < 1.29 is 23.9 Å². The van der Waals surface area contributed by atoms with Gasteiger partial charge in [-0.3, -0.25) is 9.59 Å². The number of furan rings is 1. The Morgan fingerprint density at radius 2 is 1.64 bits per heavy atom. The SMILES string of the molecule is Cc1ccc(NC(=O)c2ccc(C(=O)O)o2)cc1NC(=O)C(C)(C)C. The van der Waals surface area contributed by atoms with Crippen molar-refractivity contribution in [2.45, 2.75) is 27.7 Å². The standard InChI is InChI=1S/C18H20N2O5/c1-10-5-6-11(9-12(10)20-17(24)18(2,3)4)19-15(21)13-7-8-14(25-13)16(22)23/h5-9H,1-4H3,(H,19,21)(H,20,24)(H,22,23). The first-order valence-corrected chi connectivity index (χ1v) is 7.64. The van der Waals surface area contributed by atoms with Gasteiger partial charge >= 0.3 is 5.97 Å². The quantitative estimate of drug-likeness (QED) is 0.786. The van der Waals surface area contributed by atoms with Crippen LogP contribution in [0.5, 0.6) is 0 Å². The summed E-state index contributed by atoms with van der Waals surface area (Å²) < 4.78 is 4.96. The van der Waals surface area contributed by atoms with Crippen LogP contribution in [0.25, 0.3) is 0 Å². The number of carboxylic acids is 1. The van der Waals surface area contributed by atoms with Crippen molar-refractivity contribution in [1.29, 1.82) is 0 Å². The van der Waals surface area contributed by atoms with Gasteiger partial charge in [0.05, 0.1) is 0 Å². The maximum Gasteiger partial charge on any atom is 0.371 e. The van der Waals surface area contributed by atoms with Crippen LogP contribution in [0.4, 0.5) is 11.4 Å². The molecule has 0 aliphatic rings. The monoisotopic (exact) mass is 344 g/mol. The second kappa shape index (κ2) is 6.80. The third kappa shape index (κ3) is 4.47. The van der Waals surface area contributed by atoms with E-state index in [1.54, 1.807) is 39.0 Å². The number of aromatic carboxylic acids is 1. The first kappa shape index (κ1) is 18.3. The highest BCUT2D eigenvalue weighted by atomic mass is 16.4. The molecular formula is C18H20N2O5. The Balaban J connectivity index is 2.17. The summed E-state index contributed by atoms with van der Waals surface area (Å²) in [5.41, 5.74) is 1.34. The van der Waals surface area contributed by atoms with Gasteiger partial charge in [-0.25, -0.2) is 4.79 Å². The number of carboxylic acid groups (broad SMARTS) is 1. The number of carbonyl (C=O) groups is 3. The molecule has 1 heterocycles. The van der Waals surface area contributed by atoms with Crippen molar-refractivity contribution in [1.82, 2.24) is 0 Å². The van der Waals surface area contributed by atoms with Gasteiger partial charge in [-0.2, -0.15) is 0 Å². The molecular weight excluding hydrogens is 324 g/mol. The van der Waals surface area contributed by atoms with Gasteiger partial charge in [-0.1, -0.05) is 26.8 Å². The van der Waals surface area contributed by atoms with Crippen LogP contribution in [0.1, 0.15) is 47.4 Å². The van der Waals surface area contributed by atoms with Crippen LogP contribution in [-0.4, -0.2) is 22.9 Å². The predicted molar refractivity (Wildman–Crippen MR) is 92.9 cm³/mol. The summed E-state index contributed by atoms with van der Waals surface area (Å²) in [4.78, 5) is 35.1. The molecule has 0 saturated carbocycles. The molecule has 0 saturated heterocycles. The van der Waals surface area contributed by atoms with E-state index in [1.165, 1.54) is 12.1 Å². The minimum absolute atomic E-state index is 0.113. The molecule has 0 atom stereocenters. The zero-order valence-electron chi connectivity index (χ0n) is 14.5. The fourth-order valence-corrected chi connectivity index (χ4v) is 1.91. The van der Waals surface area contributed by atoms with Crippen LogP contribution in [0.15, 0.2) is 34.7 Å². The number of rotatable bonds is 4. The number of nitrogens with one attached hydrogen (secondary N) is 2. The molecule has 132 valence electrons. The van der Waals surface area contributed by atoms with E-state index >= 15 is 0 Å². The van der Waals surface area contributed by atoms with Crippen LogP contribution in [0.3, 0.4) is 0 Å². The summed E-state index contributed by atoms with van der Waals surface area (Å²) >= 11 is 0. The Morgan fingerprint density at radius 3 is 2.20 bits per heavy atom. The zero-order chi connectivity index (χ0) is 18.8. The van der Waals surface area contributed by atoms with E-state index in [9.17, 15) is 14.4 Å². The van der Waals surface area contributed by atoms with Gasteiger partial charge in [-0.15, -0.1) is 0 Å². The van der Waals surface area contributed by atoms with Crippen LogP contribution in [-0.2, 0) is 4.79 Å². The highest BCUT2D eigenvalue weighted by Crippen LogP contribution is 2.24. The number of benzene rings is 1. The Morgan fingerprint density at radius 1 is 1.00 bits per heavy atom. The number of aryl methyl sites for hydroxylation is 1. The van der Waals surface area contributed by atoms with Crippen LogP contribution >= 0.6 is 0 Å². The molecule has 0 fully saturated rings. The molecule has 3 N–H and O–H groups in total. The lowest BCUT2D eigenvalue weighted by atomic mass is 9.95. The topological polar surface area (TPSA) is 109 Å². The van der Waals surface area contributed by atoms with Crippen molar-refractivity contribution in [2.75, 3.05) is 10.6 Å². The highest BCUT2D eigenvalue weighted by Gasteiger charge is 2.22. The number of hydrogen-bond donors (Lipinski definition) is 3. The lowest BCUT2D eigenvalue weighted by molar-refractivity contribution is -0.123. The predicted octanol–water partition coefficient (Wildman–Crippen LogP) is 3.52. The number of hydrogen-bond acceptors (Lipinski definition) is 4. The minimum Gasteiger partial charge on any atom is -0.475 e. The fourth-order valence-electron chi connectivity index (χ4n) is 1.91. The van der Waals surface area contributed by atoms with E-state index in [4.69, 9.17) is 9.52 Å². The van der Waals surface area contributed by atoms with E-state index < -0.39 is 17.3 Å². The maximum atomic E-state index is 12.1. The van der Waals surface area contributed by atoms with Crippen LogP contribution < -0.4 is 10.6 Å². The molecule has 7 nitrogen and oxygen atoms in total.